The van der Waals surface area contributed by atoms with Gasteiger partial charge in [-0.1, -0.05) is 12.1 Å². The molecular weight excluding hydrogens is 425 g/mol. The Morgan fingerprint density at radius 2 is 2.09 bits per heavy atom. The van der Waals surface area contributed by atoms with Crippen LogP contribution in [0, 0.1) is 20.8 Å². The van der Waals surface area contributed by atoms with Gasteiger partial charge in [-0.3, -0.25) is 4.99 Å². The van der Waals surface area contributed by atoms with Crippen molar-refractivity contribution in [1.29, 1.82) is 0 Å². The van der Waals surface area contributed by atoms with E-state index in [-0.39, 0.29) is 24.0 Å². The molecule has 0 aromatic carbocycles. The molecule has 0 spiro atoms. The average molecular weight is 449 g/mol. The van der Waals surface area contributed by atoms with Crippen molar-refractivity contribution in [2.75, 3.05) is 13.6 Å². The molecule has 23 heavy (non-hydrogen) atoms. The van der Waals surface area contributed by atoms with Gasteiger partial charge in [0.15, 0.2) is 5.96 Å². The van der Waals surface area contributed by atoms with E-state index in [1.807, 2.05) is 20.0 Å². The zero-order valence-corrected chi connectivity index (χ0v) is 17.3. The predicted octanol–water partition coefficient (Wildman–Crippen LogP) is 3.14. The first kappa shape index (κ1) is 19.9. The molecule has 2 aromatic rings. The summed E-state index contributed by atoms with van der Waals surface area (Å²) in [5.41, 5.74) is 2.12. The molecule has 0 radical (unpaired) electrons. The summed E-state index contributed by atoms with van der Waals surface area (Å²) < 4.78 is 5.23. The summed E-state index contributed by atoms with van der Waals surface area (Å²) >= 11 is 1.69. The highest BCUT2D eigenvalue weighted by atomic mass is 127. The van der Waals surface area contributed by atoms with Crippen LogP contribution in [0.25, 0.3) is 0 Å². The third-order valence-electron chi connectivity index (χ3n) is 3.46. The third-order valence-corrected chi connectivity index (χ3v) is 4.37. The Morgan fingerprint density at radius 1 is 1.35 bits per heavy atom. The van der Waals surface area contributed by atoms with Crippen LogP contribution in [0.3, 0.4) is 0 Å². The number of halogens is 1. The number of hydrogen-bond acceptors (Lipinski definition) is 5. The molecule has 0 bridgehead atoms. The van der Waals surface area contributed by atoms with Gasteiger partial charge in [-0.2, -0.15) is 0 Å². The number of nitrogens with zero attached hydrogens (tertiary/aromatic N) is 3. The maximum atomic E-state index is 5.23. The second-order valence-corrected chi connectivity index (χ2v) is 6.63. The molecule has 128 valence electrons. The topological polar surface area (TPSA) is 75.3 Å². The second-order valence-electron chi connectivity index (χ2n) is 5.31. The summed E-state index contributed by atoms with van der Waals surface area (Å²) in [5.74, 6) is 1.95. The molecule has 0 aliphatic rings. The number of aryl methyl sites for hydroxylation is 3. The van der Waals surface area contributed by atoms with E-state index < -0.39 is 0 Å². The van der Waals surface area contributed by atoms with E-state index in [9.17, 15) is 0 Å². The van der Waals surface area contributed by atoms with Gasteiger partial charge in [0.2, 0.25) is 0 Å². The lowest BCUT2D eigenvalue weighted by molar-refractivity contribution is 0.391. The highest BCUT2D eigenvalue weighted by molar-refractivity contribution is 14.0. The molecular formula is C15H24IN5OS. The predicted molar refractivity (Wildman–Crippen MR) is 105 cm³/mol. The number of guanidine groups is 1. The van der Waals surface area contributed by atoms with Crippen LogP contribution >= 0.6 is 35.3 Å². The van der Waals surface area contributed by atoms with Crippen LogP contribution in [0.1, 0.15) is 39.7 Å². The summed E-state index contributed by atoms with van der Waals surface area (Å²) in [6.45, 7) is 9.57. The molecule has 2 N–H and O–H groups in total. The van der Waals surface area contributed by atoms with Crippen molar-refractivity contribution in [3.05, 3.63) is 33.1 Å². The van der Waals surface area contributed by atoms with Crippen molar-refractivity contribution in [3.8, 4) is 0 Å². The molecule has 0 fully saturated rings. The minimum Gasteiger partial charge on any atom is -0.361 e. The van der Waals surface area contributed by atoms with E-state index in [0.717, 1.165) is 29.0 Å². The van der Waals surface area contributed by atoms with E-state index >= 15 is 0 Å². The highest BCUT2D eigenvalue weighted by Gasteiger charge is 2.16. The van der Waals surface area contributed by atoms with Gasteiger partial charge in [-0.25, -0.2) is 4.98 Å². The van der Waals surface area contributed by atoms with Gasteiger partial charge in [-0.15, -0.1) is 35.3 Å². The van der Waals surface area contributed by atoms with E-state index in [2.05, 4.69) is 39.6 Å². The van der Waals surface area contributed by atoms with Gasteiger partial charge < -0.3 is 15.2 Å². The summed E-state index contributed by atoms with van der Waals surface area (Å²) in [5, 5.41) is 11.7. The van der Waals surface area contributed by atoms with Gasteiger partial charge in [0.05, 0.1) is 12.2 Å². The fraction of sp³-hybridized carbons (Fsp3) is 0.533. The SMILES string of the molecule is CN=C(NCc1ncc(C)s1)NCC(C)c1c(C)noc1C.I. The Hall–Kier alpha value is -1.16. The normalized spacial score (nSPS) is 12.7. The Labute approximate surface area is 158 Å². The molecule has 0 saturated carbocycles. The molecule has 2 heterocycles. The van der Waals surface area contributed by atoms with Crippen molar-refractivity contribution in [2.24, 2.45) is 4.99 Å². The quantitative estimate of drug-likeness (QED) is 0.417. The fourth-order valence-corrected chi connectivity index (χ4v) is 3.14. The standard InChI is InChI=1S/C15H23N5OS.HI/c1-9(14-11(3)20-21-12(14)4)6-18-15(16-5)19-8-13-17-7-10(2)22-13;/h7,9H,6,8H2,1-5H3,(H2,16,18,19);1H. The van der Waals surface area contributed by atoms with Gasteiger partial charge in [-0.05, 0) is 20.8 Å². The smallest absolute Gasteiger partial charge is 0.191 e. The lowest BCUT2D eigenvalue weighted by Gasteiger charge is -2.15. The number of nitrogens with one attached hydrogen (secondary N) is 2. The Bertz CT molecular complexity index is 633. The molecule has 6 nitrogen and oxygen atoms in total. The summed E-state index contributed by atoms with van der Waals surface area (Å²) in [6, 6.07) is 0. The molecule has 1 atom stereocenters. The number of hydrogen-bond donors (Lipinski definition) is 2. The summed E-state index contributed by atoms with van der Waals surface area (Å²) in [7, 11) is 1.77. The molecule has 0 aliphatic carbocycles. The highest BCUT2D eigenvalue weighted by Crippen LogP contribution is 2.22. The van der Waals surface area contributed by atoms with Gasteiger partial charge in [0.1, 0.15) is 10.8 Å². The first-order chi connectivity index (χ1) is 10.5. The van der Waals surface area contributed by atoms with Crippen molar-refractivity contribution < 1.29 is 4.52 Å². The lowest BCUT2D eigenvalue weighted by Crippen LogP contribution is -2.38. The number of aliphatic imine (C=N–C) groups is 1. The summed E-state index contributed by atoms with van der Waals surface area (Å²) in [4.78, 5) is 9.79. The number of aromatic nitrogens is 2. The van der Waals surface area contributed by atoms with Gasteiger partial charge >= 0.3 is 0 Å². The van der Waals surface area contributed by atoms with Crippen LogP contribution in [0.5, 0.6) is 0 Å². The second kappa shape index (κ2) is 9.21. The molecule has 0 saturated heterocycles. The van der Waals surface area contributed by atoms with Crippen LogP contribution < -0.4 is 10.6 Å². The maximum Gasteiger partial charge on any atom is 0.191 e. The zero-order chi connectivity index (χ0) is 16.1. The first-order valence-electron chi connectivity index (χ1n) is 7.29. The molecule has 8 heteroatoms. The summed E-state index contributed by atoms with van der Waals surface area (Å²) in [6.07, 6.45) is 1.89. The zero-order valence-electron chi connectivity index (χ0n) is 14.1. The molecule has 2 aromatic heterocycles. The average Bonchev–Trinajstić information content (AvgIpc) is 3.05. The first-order valence-corrected chi connectivity index (χ1v) is 8.11. The van der Waals surface area contributed by atoms with Crippen LogP contribution in [-0.4, -0.2) is 29.7 Å². The van der Waals surface area contributed by atoms with Gasteiger partial charge in [0, 0.05) is 36.1 Å². The van der Waals surface area contributed by atoms with Crippen molar-refractivity contribution in [3.63, 3.8) is 0 Å². The van der Waals surface area contributed by atoms with Crippen LogP contribution in [0.15, 0.2) is 15.7 Å². The van der Waals surface area contributed by atoms with E-state index in [1.165, 1.54) is 10.4 Å². The molecule has 0 amide bonds. The molecule has 0 aliphatic heterocycles. The monoisotopic (exact) mass is 449 g/mol. The molecule has 2 rings (SSSR count). The van der Waals surface area contributed by atoms with Crippen LogP contribution in [-0.2, 0) is 6.54 Å². The minimum atomic E-state index is 0. The van der Waals surface area contributed by atoms with Crippen LogP contribution in [0.4, 0.5) is 0 Å². The van der Waals surface area contributed by atoms with Crippen molar-refractivity contribution >= 4 is 41.3 Å². The maximum absolute atomic E-state index is 5.23. The van der Waals surface area contributed by atoms with Crippen molar-refractivity contribution in [2.45, 2.75) is 40.2 Å². The van der Waals surface area contributed by atoms with Gasteiger partial charge in [0.25, 0.3) is 0 Å². The Balaban J connectivity index is 0.00000264. The number of rotatable bonds is 5. The Morgan fingerprint density at radius 3 is 2.61 bits per heavy atom. The largest absolute Gasteiger partial charge is 0.361 e. The number of thiazole rings is 1. The van der Waals surface area contributed by atoms with Crippen LogP contribution in [0.2, 0.25) is 0 Å². The van der Waals surface area contributed by atoms with E-state index in [0.29, 0.717) is 12.5 Å². The Kier molecular flexibility index (Phi) is 7.97. The minimum absolute atomic E-state index is 0. The third kappa shape index (κ3) is 5.45. The fourth-order valence-electron chi connectivity index (χ4n) is 2.41. The lowest BCUT2D eigenvalue weighted by atomic mass is 10.00. The van der Waals surface area contributed by atoms with E-state index in [4.69, 9.17) is 4.52 Å². The molecule has 1 unspecified atom stereocenters. The van der Waals surface area contributed by atoms with E-state index in [1.54, 1.807) is 18.4 Å². The van der Waals surface area contributed by atoms with Crippen molar-refractivity contribution in [1.82, 2.24) is 20.8 Å².